The lowest BCUT2D eigenvalue weighted by Crippen LogP contribution is -2.43. The van der Waals surface area contributed by atoms with E-state index in [9.17, 15) is 14.4 Å². The molecular weight excluding hydrogens is 304 g/mol. The van der Waals surface area contributed by atoms with Gasteiger partial charge in [0.05, 0.1) is 4.88 Å². The fourth-order valence-electron chi connectivity index (χ4n) is 2.46. The molecule has 1 aliphatic rings. The number of aromatic carboxylic acids is 1. The van der Waals surface area contributed by atoms with Crippen molar-refractivity contribution in [3.8, 4) is 0 Å². The minimum atomic E-state index is -1.02. The highest BCUT2D eigenvalue weighted by Gasteiger charge is 2.28. The Kier molecular flexibility index (Phi) is 5.54. The van der Waals surface area contributed by atoms with Crippen LogP contribution in [0.2, 0.25) is 0 Å². The fraction of sp³-hybridized carbons (Fsp3) is 0.533. The van der Waals surface area contributed by atoms with E-state index in [0.29, 0.717) is 37.4 Å². The summed E-state index contributed by atoms with van der Waals surface area (Å²) >= 11 is 0.991. The molecule has 0 aromatic carbocycles. The molecule has 2 heterocycles. The van der Waals surface area contributed by atoms with Gasteiger partial charge in [0.25, 0.3) is 5.91 Å². The van der Waals surface area contributed by atoms with Gasteiger partial charge in [0.15, 0.2) is 0 Å². The monoisotopic (exact) mass is 324 g/mol. The summed E-state index contributed by atoms with van der Waals surface area (Å²) in [4.78, 5) is 37.4. The molecule has 0 spiro atoms. The van der Waals surface area contributed by atoms with Crippen LogP contribution in [0.3, 0.4) is 0 Å². The SMILES string of the molecule is CCCNC(=O)C1CCN(C(=O)c2ccc(C(=O)O)s2)CC1. The maximum absolute atomic E-state index is 12.3. The van der Waals surface area contributed by atoms with Gasteiger partial charge < -0.3 is 15.3 Å². The number of hydrogen-bond donors (Lipinski definition) is 2. The minimum Gasteiger partial charge on any atom is -0.477 e. The number of piperidine rings is 1. The summed E-state index contributed by atoms with van der Waals surface area (Å²) in [6, 6.07) is 3.00. The summed E-state index contributed by atoms with van der Waals surface area (Å²) in [7, 11) is 0. The van der Waals surface area contributed by atoms with E-state index in [1.807, 2.05) is 6.92 Å². The van der Waals surface area contributed by atoms with Crippen LogP contribution in [0.1, 0.15) is 45.5 Å². The predicted molar refractivity (Wildman–Crippen MR) is 83.2 cm³/mol. The van der Waals surface area contributed by atoms with Crippen molar-refractivity contribution in [2.45, 2.75) is 26.2 Å². The Balaban J connectivity index is 1.89. The van der Waals surface area contributed by atoms with Gasteiger partial charge in [-0.1, -0.05) is 6.92 Å². The van der Waals surface area contributed by atoms with Gasteiger partial charge in [-0.3, -0.25) is 9.59 Å². The highest BCUT2D eigenvalue weighted by Crippen LogP contribution is 2.23. The number of carboxylic acids is 1. The highest BCUT2D eigenvalue weighted by atomic mass is 32.1. The molecule has 0 bridgehead atoms. The van der Waals surface area contributed by atoms with Crippen molar-refractivity contribution < 1.29 is 19.5 Å². The molecular formula is C15H20N2O4S. The Morgan fingerprint density at radius 3 is 2.45 bits per heavy atom. The van der Waals surface area contributed by atoms with Crippen LogP contribution in [0.15, 0.2) is 12.1 Å². The maximum atomic E-state index is 12.3. The molecule has 0 saturated carbocycles. The topological polar surface area (TPSA) is 86.7 Å². The van der Waals surface area contributed by atoms with Gasteiger partial charge >= 0.3 is 5.97 Å². The first-order chi connectivity index (χ1) is 10.5. The Hall–Kier alpha value is -1.89. The number of carbonyl (C=O) groups excluding carboxylic acids is 2. The van der Waals surface area contributed by atoms with Gasteiger partial charge in [-0.05, 0) is 31.4 Å². The molecule has 6 nitrogen and oxygen atoms in total. The molecule has 7 heteroatoms. The normalized spacial score (nSPS) is 15.6. The third-order valence-electron chi connectivity index (χ3n) is 3.73. The lowest BCUT2D eigenvalue weighted by molar-refractivity contribution is -0.126. The summed E-state index contributed by atoms with van der Waals surface area (Å²) in [6.45, 7) is 3.76. The summed E-state index contributed by atoms with van der Waals surface area (Å²) < 4.78 is 0. The van der Waals surface area contributed by atoms with E-state index in [1.54, 1.807) is 11.0 Å². The molecule has 22 heavy (non-hydrogen) atoms. The quantitative estimate of drug-likeness (QED) is 0.865. The smallest absolute Gasteiger partial charge is 0.345 e. The second-order valence-corrected chi connectivity index (χ2v) is 6.41. The van der Waals surface area contributed by atoms with Crippen LogP contribution in [0.4, 0.5) is 0 Å². The van der Waals surface area contributed by atoms with Gasteiger partial charge in [0.1, 0.15) is 4.88 Å². The van der Waals surface area contributed by atoms with Gasteiger partial charge in [0, 0.05) is 25.6 Å². The average molecular weight is 324 g/mol. The van der Waals surface area contributed by atoms with E-state index in [0.717, 1.165) is 17.8 Å². The summed E-state index contributed by atoms with van der Waals surface area (Å²) in [5, 5.41) is 11.8. The van der Waals surface area contributed by atoms with Crippen LogP contribution in [0.5, 0.6) is 0 Å². The van der Waals surface area contributed by atoms with Crippen molar-refractivity contribution in [3.63, 3.8) is 0 Å². The van der Waals surface area contributed by atoms with Crippen LogP contribution in [-0.4, -0.2) is 47.4 Å². The molecule has 0 aliphatic carbocycles. The maximum Gasteiger partial charge on any atom is 0.345 e. The fourth-order valence-corrected chi connectivity index (χ4v) is 3.27. The first-order valence-corrected chi connectivity index (χ1v) is 8.24. The van der Waals surface area contributed by atoms with Crippen LogP contribution in [-0.2, 0) is 4.79 Å². The molecule has 1 saturated heterocycles. The average Bonchev–Trinajstić information content (AvgIpc) is 3.02. The van der Waals surface area contributed by atoms with E-state index >= 15 is 0 Å². The van der Waals surface area contributed by atoms with Crippen LogP contribution in [0, 0.1) is 5.92 Å². The van der Waals surface area contributed by atoms with Gasteiger partial charge in [-0.15, -0.1) is 11.3 Å². The molecule has 0 radical (unpaired) electrons. The first kappa shape index (κ1) is 16.5. The Morgan fingerprint density at radius 1 is 1.27 bits per heavy atom. The van der Waals surface area contributed by atoms with Crippen molar-refractivity contribution >= 4 is 29.1 Å². The van der Waals surface area contributed by atoms with Gasteiger partial charge in [0.2, 0.25) is 5.91 Å². The molecule has 2 rings (SSSR count). The lowest BCUT2D eigenvalue weighted by Gasteiger charge is -2.31. The molecule has 1 aromatic rings. The van der Waals surface area contributed by atoms with Crippen molar-refractivity contribution in [2.75, 3.05) is 19.6 Å². The molecule has 120 valence electrons. The largest absolute Gasteiger partial charge is 0.477 e. The van der Waals surface area contributed by atoms with E-state index in [1.165, 1.54) is 6.07 Å². The van der Waals surface area contributed by atoms with E-state index in [2.05, 4.69) is 5.32 Å². The zero-order valence-electron chi connectivity index (χ0n) is 12.5. The second-order valence-electron chi connectivity index (χ2n) is 5.33. The first-order valence-electron chi connectivity index (χ1n) is 7.43. The number of carbonyl (C=O) groups is 3. The summed E-state index contributed by atoms with van der Waals surface area (Å²) in [6.07, 6.45) is 2.21. The lowest BCUT2D eigenvalue weighted by atomic mass is 9.96. The zero-order chi connectivity index (χ0) is 16.1. The van der Waals surface area contributed by atoms with Crippen LogP contribution in [0.25, 0.3) is 0 Å². The molecule has 1 aliphatic heterocycles. The standard InChI is InChI=1S/C15H20N2O4S/c1-2-7-16-13(18)10-5-8-17(9-6-10)14(19)11-3-4-12(22-11)15(20)21/h3-4,10H,2,5-9H2,1H3,(H,16,18)(H,20,21). The Morgan fingerprint density at radius 2 is 1.91 bits per heavy atom. The second kappa shape index (κ2) is 7.40. The van der Waals surface area contributed by atoms with E-state index in [-0.39, 0.29) is 22.6 Å². The van der Waals surface area contributed by atoms with Crippen molar-refractivity contribution in [3.05, 3.63) is 21.9 Å². The Labute approximate surface area is 133 Å². The number of hydrogen-bond acceptors (Lipinski definition) is 4. The highest BCUT2D eigenvalue weighted by molar-refractivity contribution is 7.15. The van der Waals surface area contributed by atoms with Crippen LogP contribution >= 0.6 is 11.3 Å². The van der Waals surface area contributed by atoms with Gasteiger partial charge in [-0.25, -0.2) is 4.79 Å². The molecule has 2 amide bonds. The Bertz CT molecular complexity index is 562. The number of carboxylic acid groups (broad SMARTS) is 1. The van der Waals surface area contributed by atoms with Crippen molar-refractivity contribution in [1.29, 1.82) is 0 Å². The third-order valence-corrected chi connectivity index (χ3v) is 4.79. The number of likely N-dealkylation sites (tertiary alicyclic amines) is 1. The zero-order valence-corrected chi connectivity index (χ0v) is 13.3. The molecule has 2 N–H and O–H groups in total. The van der Waals surface area contributed by atoms with Crippen molar-refractivity contribution in [1.82, 2.24) is 10.2 Å². The molecule has 1 aromatic heterocycles. The molecule has 0 unspecified atom stereocenters. The molecule has 0 atom stereocenters. The third kappa shape index (κ3) is 3.85. The van der Waals surface area contributed by atoms with Crippen LogP contribution < -0.4 is 5.32 Å². The van der Waals surface area contributed by atoms with E-state index < -0.39 is 5.97 Å². The number of nitrogens with zero attached hydrogens (tertiary/aromatic N) is 1. The molecule has 1 fully saturated rings. The van der Waals surface area contributed by atoms with Gasteiger partial charge in [-0.2, -0.15) is 0 Å². The van der Waals surface area contributed by atoms with E-state index in [4.69, 9.17) is 5.11 Å². The number of rotatable bonds is 5. The predicted octanol–water partition coefficient (Wildman–Crippen LogP) is 1.82. The number of nitrogens with one attached hydrogen (secondary N) is 1. The number of thiophene rings is 1. The number of amides is 2. The minimum absolute atomic E-state index is 0.0338. The van der Waals surface area contributed by atoms with Crippen molar-refractivity contribution in [2.24, 2.45) is 5.92 Å². The summed E-state index contributed by atoms with van der Waals surface area (Å²) in [5.74, 6) is -1.13. The summed E-state index contributed by atoms with van der Waals surface area (Å²) in [5.41, 5.74) is 0.